The minimum Gasteiger partial charge on any atom is -0.439 e. The summed E-state index contributed by atoms with van der Waals surface area (Å²) >= 11 is 0. The predicted molar refractivity (Wildman–Crippen MR) is 114 cm³/mol. The molecule has 3 unspecified atom stereocenters. The molecule has 8 heteroatoms. The Bertz CT molecular complexity index is 793. The number of aromatic nitrogens is 1. The summed E-state index contributed by atoms with van der Waals surface area (Å²) in [6.45, 7) is 0.425. The Morgan fingerprint density at radius 2 is 1.93 bits per heavy atom. The monoisotopic (exact) mass is 441 g/mol. The van der Waals surface area contributed by atoms with Crippen molar-refractivity contribution in [3.8, 4) is 11.6 Å². The number of halogens is 3. The predicted octanol–water partition coefficient (Wildman–Crippen LogP) is 4.39. The van der Waals surface area contributed by atoms with Crippen LogP contribution in [0.5, 0.6) is 11.6 Å². The molecule has 4 rings (SSSR count). The van der Waals surface area contributed by atoms with Crippen LogP contribution in [0, 0.1) is 11.7 Å². The van der Waals surface area contributed by atoms with E-state index >= 15 is 0 Å². The zero-order chi connectivity index (χ0) is 18.6. The third-order valence-corrected chi connectivity index (χ3v) is 5.48. The number of amides is 1. The van der Waals surface area contributed by atoms with E-state index in [1.165, 1.54) is 37.8 Å². The molecule has 5 nitrogen and oxygen atoms in total. The molecule has 1 aliphatic heterocycles. The normalized spacial score (nSPS) is 22.6. The second-order valence-corrected chi connectivity index (χ2v) is 7.38. The van der Waals surface area contributed by atoms with Crippen molar-refractivity contribution in [2.75, 3.05) is 0 Å². The van der Waals surface area contributed by atoms with Crippen molar-refractivity contribution in [1.82, 2.24) is 15.6 Å². The number of pyridine rings is 1. The van der Waals surface area contributed by atoms with Crippen LogP contribution in [-0.2, 0) is 11.3 Å². The van der Waals surface area contributed by atoms with E-state index in [4.69, 9.17) is 4.74 Å². The summed E-state index contributed by atoms with van der Waals surface area (Å²) < 4.78 is 18.6. The number of benzene rings is 1. The van der Waals surface area contributed by atoms with Crippen molar-refractivity contribution < 1.29 is 13.9 Å². The number of carbonyl (C=O) groups is 1. The fourth-order valence-electron chi connectivity index (χ4n) is 4.07. The van der Waals surface area contributed by atoms with E-state index in [9.17, 15) is 9.18 Å². The van der Waals surface area contributed by atoms with Crippen LogP contribution in [0.4, 0.5) is 4.39 Å². The molecule has 1 aromatic heterocycles. The third kappa shape index (κ3) is 6.04. The minimum absolute atomic E-state index is 0. The van der Waals surface area contributed by atoms with Crippen LogP contribution in [0.15, 0.2) is 42.6 Å². The Balaban J connectivity index is 0.00000150. The Morgan fingerprint density at radius 3 is 2.69 bits per heavy atom. The smallest absolute Gasteiger partial charge is 0.237 e. The largest absolute Gasteiger partial charge is 0.439 e. The summed E-state index contributed by atoms with van der Waals surface area (Å²) in [5.74, 6) is 1.32. The molecule has 1 amide bonds. The molecule has 2 fully saturated rings. The first-order valence-corrected chi connectivity index (χ1v) is 9.59. The maximum Gasteiger partial charge on any atom is 0.237 e. The van der Waals surface area contributed by atoms with E-state index in [0.29, 0.717) is 30.1 Å². The highest BCUT2D eigenvalue weighted by atomic mass is 35.5. The van der Waals surface area contributed by atoms with Gasteiger partial charge in [-0.25, -0.2) is 9.37 Å². The van der Waals surface area contributed by atoms with Crippen LogP contribution in [-0.4, -0.2) is 23.0 Å². The summed E-state index contributed by atoms with van der Waals surface area (Å²) in [5.41, 5.74) is 0.908. The highest BCUT2D eigenvalue weighted by Crippen LogP contribution is 2.33. The molecule has 158 valence electrons. The fourth-order valence-corrected chi connectivity index (χ4v) is 4.07. The average Bonchev–Trinajstić information content (AvgIpc) is 3.13. The van der Waals surface area contributed by atoms with Crippen molar-refractivity contribution in [2.45, 2.75) is 50.7 Å². The molecule has 2 aliphatic rings. The van der Waals surface area contributed by atoms with Gasteiger partial charge < -0.3 is 15.4 Å². The van der Waals surface area contributed by atoms with Crippen LogP contribution in [0.3, 0.4) is 0 Å². The summed E-state index contributed by atoms with van der Waals surface area (Å²) in [5, 5.41) is 6.51. The van der Waals surface area contributed by atoms with Crippen LogP contribution in [0.1, 0.15) is 37.7 Å². The molecule has 0 bridgehead atoms. The number of nitrogens with one attached hydrogen (secondary N) is 2. The number of nitrogens with zero attached hydrogens (tertiary/aromatic N) is 1. The fraction of sp³-hybridized carbons (Fsp3) is 0.429. The lowest BCUT2D eigenvalue weighted by molar-refractivity contribution is -0.123. The van der Waals surface area contributed by atoms with E-state index in [1.54, 1.807) is 24.4 Å². The van der Waals surface area contributed by atoms with Gasteiger partial charge in [-0.15, -0.1) is 24.8 Å². The molecule has 29 heavy (non-hydrogen) atoms. The quantitative estimate of drug-likeness (QED) is 0.721. The van der Waals surface area contributed by atoms with Crippen LogP contribution < -0.4 is 15.4 Å². The van der Waals surface area contributed by atoms with Gasteiger partial charge in [-0.2, -0.15) is 0 Å². The van der Waals surface area contributed by atoms with Gasteiger partial charge in [0.05, 0.1) is 6.04 Å². The lowest BCUT2D eigenvalue weighted by atomic mass is 9.85. The minimum atomic E-state index is -0.313. The second kappa shape index (κ2) is 10.8. The Labute approximate surface area is 182 Å². The van der Waals surface area contributed by atoms with Gasteiger partial charge >= 0.3 is 0 Å². The molecule has 0 spiro atoms. The van der Waals surface area contributed by atoms with Crippen molar-refractivity contribution in [3.05, 3.63) is 54.0 Å². The summed E-state index contributed by atoms with van der Waals surface area (Å²) in [6, 6.07) is 9.83. The van der Waals surface area contributed by atoms with Crippen LogP contribution in [0.25, 0.3) is 0 Å². The van der Waals surface area contributed by atoms with Crippen molar-refractivity contribution in [2.24, 2.45) is 5.92 Å². The number of fused-ring (bicyclic) bond motifs is 1. The first-order valence-electron chi connectivity index (χ1n) is 9.59. The Morgan fingerprint density at radius 1 is 1.17 bits per heavy atom. The van der Waals surface area contributed by atoms with E-state index in [0.717, 1.165) is 12.0 Å². The highest BCUT2D eigenvalue weighted by Gasteiger charge is 2.37. The van der Waals surface area contributed by atoms with E-state index in [-0.39, 0.29) is 42.6 Å². The summed E-state index contributed by atoms with van der Waals surface area (Å²) in [7, 11) is 0. The molecule has 1 saturated heterocycles. The maximum atomic E-state index is 13.0. The molecule has 2 heterocycles. The zero-order valence-corrected chi connectivity index (χ0v) is 17.6. The van der Waals surface area contributed by atoms with Gasteiger partial charge in [0.2, 0.25) is 11.8 Å². The van der Waals surface area contributed by atoms with Crippen LogP contribution >= 0.6 is 24.8 Å². The van der Waals surface area contributed by atoms with E-state index < -0.39 is 0 Å². The number of hydrogen-bond donors (Lipinski definition) is 2. The number of hydrogen-bond acceptors (Lipinski definition) is 4. The van der Waals surface area contributed by atoms with Gasteiger partial charge in [-0.1, -0.05) is 12.8 Å². The van der Waals surface area contributed by atoms with Crippen molar-refractivity contribution in [1.29, 1.82) is 0 Å². The molecule has 1 aliphatic carbocycles. The first kappa shape index (κ1) is 23.4. The van der Waals surface area contributed by atoms with Gasteiger partial charge in [0, 0.05) is 24.8 Å². The molecule has 1 aromatic carbocycles. The average molecular weight is 442 g/mol. The summed E-state index contributed by atoms with van der Waals surface area (Å²) in [6.07, 6.45) is 7.54. The number of carbonyl (C=O) groups excluding carboxylic acids is 1. The van der Waals surface area contributed by atoms with Gasteiger partial charge in [0.1, 0.15) is 11.6 Å². The van der Waals surface area contributed by atoms with Gasteiger partial charge in [-0.05, 0) is 61.1 Å². The molecule has 0 radical (unpaired) electrons. The lowest BCUT2D eigenvalue weighted by Crippen LogP contribution is -2.42. The number of rotatable bonds is 5. The Kier molecular flexibility index (Phi) is 8.68. The summed E-state index contributed by atoms with van der Waals surface area (Å²) in [4.78, 5) is 16.7. The SMILES string of the molecule is Cl.Cl.O=C(NCc1ccnc(Oc2ccc(F)cc2)c1)C1CC2CCCCC2N1. The lowest BCUT2D eigenvalue weighted by Gasteiger charge is -2.24. The van der Waals surface area contributed by atoms with Gasteiger partial charge in [0.25, 0.3) is 0 Å². The van der Waals surface area contributed by atoms with E-state index in [2.05, 4.69) is 15.6 Å². The standard InChI is InChI=1S/C21H24FN3O2.2ClH/c22-16-5-7-17(8-6-16)27-20-11-14(9-10-23-20)13-24-21(26)19-12-15-3-1-2-4-18(15)25-19;;/h5-11,15,18-19,25H,1-4,12-13H2,(H,24,26);2*1H. The first-order chi connectivity index (χ1) is 13.2. The van der Waals surface area contributed by atoms with Gasteiger partial charge in [0.15, 0.2) is 0 Å². The van der Waals surface area contributed by atoms with Crippen molar-refractivity contribution >= 4 is 30.7 Å². The highest BCUT2D eigenvalue weighted by molar-refractivity contribution is 5.85. The molecule has 2 aromatic rings. The van der Waals surface area contributed by atoms with E-state index in [1.807, 2.05) is 6.07 Å². The molecule has 2 N–H and O–H groups in total. The Hall–Kier alpha value is -1.89. The molecular weight excluding hydrogens is 416 g/mol. The molecule has 3 atom stereocenters. The van der Waals surface area contributed by atoms with Gasteiger partial charge in [-0.3, -0.25) is 4.79 Å². The molecule has 1 saturated carbocycles. The molecular formula is C21H26Cl2FN3O2. The zero-order valence-electron chi connectivity index (χ0n) is 16.0. The second-order valence-electron chi connectivity index (χ2n) is 7.38. The topological polar surface area (TPSA) is 63.2 Å². The van der Waals surface area contributed by atoms with Crippen molar-refractivity contribution in [3.63, 3.8) is 0 Å². The third-order valence-electron chi connectivity index (χ3n) is 5.48. The maximum absolute atomic E-state index is 13.0. The number of ether oxygens (including phenoxy) is 1. The van der Waals surface area contributed by atoms with Crippen LogP contribution in [0.2, 0.25) is 0 Å².